The molecule has 0 bridgehead atoms. The Balaban J connectivity index is 1.95. The molecule has 0 atom stereocenters. The zero-order chi connectivity index (χ0) is 15.2. The lowest BCUT2D eigenvalue weighted by Crippen LogP contribution is -2.12. The molecule has 7 heteroatoms. The highest BCUT2D eigenvalue weighted by Crippen LogP contribution is 2.15. The molecule has 1 aromatic carbocycles. The van der Waals surface area contributed by atoms with Gasteiger partial charge in [0.2, 0.25) is 0 Å². The number of carbonyl (C=O) groups is 1. The molecule has 0 fully saturated rings. The van der Waals surface area contributed by atoms with Crippen LogP contribution in [0.5, 0.6) is 5.75 Å². The van der Waals surface area contributed by atoms with Crippen molar-refractivity contribution < 1.29 is 18.7 Å². The lowest BCUT2D eigenvalue weighted by molar-refractivity contribution is 0.0518. The molecule has 0 saturated carbocycles. The van der Waals surface area contributed by atoms with Gasteiger partial charge in [0, 0.05) is 0 Å². The van der Waals surface area contributed by atoms with Gasteiger partial charge >= 0.3 is 5.97 Å². The van der Waals surface area contributed by atoms with Gasteiger partial charge in [-0.1, -0.05) is 17.3 Å². The fourth-order valence-electron chi connectivity index (χ4n) is 1.76. The summed E-state index contributed by atoms with van der Waals surface area (Å²) in [4.78, 5) is 11.6. The highest BCUT2D eigenvalue weighted by Gasteiger charge is 2.17. The van der Waals surface area contributed by atoms with E-state index in [1.165, 1.54) is 10.7 Å². The molecule has 0 aliphatic rings. The van der Waals surface area contributed by atoms with Gasteiger partial charge in [0.1, 0.15) is 6.61 Å². The molecule has 0 N–H and O–H groups in total. The largest absolute Gasteiger partial charge is 0.489 e. The van der Waals surface area contributed by atoms with Crippen LogP contribution in [0.25, 0.3) is 0 Å². The SMILES string of the molecule is CCOC(=O)c1nnn(CCOc2ccccc2F)c1C. The van der Waals surface area contributed by atoms with Gasteiger partial charge in [0.25, 0.3) is 0 Å². The van der Waals surface area contributed by atoms with Crippen molar-refractivity contribution in [2.75, 3.05) is 13.2 Å². The third-order valence-corrected chi connectivity index (χ3v) is 2.85. The molecule has 1 aromatic heterocycles. The van der Waals surface area contributed by atoms with Crippen LogP contribution in [0.15, 0.2) is 24.3 Å². The molecular formula is C14H16FN3O3. The summed E-state index contributed by atoms with van der Waals surface area (Å²) in [5, 5.41) is 7.65. The molecule has 112 valence electrons. The van der Waals surface area contributed by atoms with Gasteiger partial charge < -0.3 is 9.47 Å². The van der Waals surface area contributed by atoms with E-state index in [-0.39, 0.29) is 24.7 Å². The molecule has 0 aliphatic heterocycles. The van der Waals surface area contributed by atoms with Gasteiger partial charge in [-0.15, -0.1) is 5.10 Å². The van der Waals surface area contributed by atoms with Crippen molar-refractivity contribution in [3.63, 3.8) is 0 Å². The summed E-state index contributed by atoms with van der Waals surface area (Å²) in [6, 6.07) is 6.16. The average Bonchev–Trinajstić information content (AvgIpc) is 2.83. The van der Waals surface area contributed by atoms with Crippen LogP contribution in [0.3, 0.4) is 0 Å². The Kier molecular flexibility index (Phi) is 4.86. The highest BCUT2D eigenvalue weighted by atomic mass is 19.1. The zero-order valence-electron chi connectivity index (χ0n) is 11.9. The predicted octanol–water partition coefficient (Wildman–Crippen LogP) is 1.98. The van der Waals surface area contributed by atoms with Crippen LogP contribution in [0.2, 0.25) is 0 Å². The minimum Gasteiger partial charge on any atom is -0.489 e. The zero-order valence-corrected chi connectivity index (χ0v) is 11.9. The van der Waals surface area contributed by atoms with Crippen molar-refractivity contribution in [3.8, 4) is 5.75 Å². The summed E-state index contributed by atoms with van der Waals surface area (Å²) in [6.07, 6.45) is 0. The maximum atomic E-state index is 13.4. The van der Waals surface area contributed by atoms with Crippen molar-refractivity contribution in [3.05, 3.63) is 41.5 Å². The number of para-hydroxylation sites is 1. The molecule has 2 aromatic rings. The summed E-state index contributed by atoms with van der Waals surface area (Å²) in [5.41, 5.74) is 0.772. The van der Waals surface area contributed by atoms with Gasteiger partial charge in [0.05, 0.1) is 18.8 Å². The van der Waals surface area contributed by atoms with Crippen molar-refractivity contribution in [2.45, 2.75) is 20.4 Å². The third-order valence-electron chi connectivity index (χ3n) is 2.85. The minimum atomic E-state index is -0.503. The monoisotopic (exact) mass is 293 g/mol. The second kappa shape index (κ2) is 6.83. The fraction of sp³-hybridized carbons (Fsp3) is 0.357. The summed E-state index contributed by atoms with van der Waals surface area (Å²) in [5.74, 6) is -0.739. The van der Waals surface area contributed by atoms with Crippen LogP contribution in [-0.2, 0) is 11.3 Å². The number of ether oxygens (including phenoxy) is 2. The van der Waals surface area contributed by atoms with Crippen molar-refractivity contribution in [1.82, 2.24) is 15.0 Å². The van der Waals surface area contributed by atoms with Gasteiger partial charge in [-0.25, -0.2) is 13.9 Å². The van der Waals surface area contributed by atoms with Gasteiger partial charge in [-0.05, 0) is 26.0 Å². The molecule has 0 spiro atoms. The van der Waals surface area contributed by atoms with E-state index in [1.54, 1.807) is 32.0 Å². The second-order valence-electron chi connectivity index (χ2n) is 4.25. The maximum absolute atomic E-state index is 13.4. The van der Waals surface area contributed by atoms with E-state index in [2.05, 4.69) is 10.3 Å². The predicted molar refractivity (Wildman–Crippen MR) is 72.6 cm³/mol. The first-order chi connectivity index (χ1) is 10.1. The first kappa shape index (κ1) is 15.0. The quantitative estimate of drug-likeness (QED) is 0.762. The fourth-order valence-corrected chi connectivity index (χ4v) is 1.76. The number of nitrogens with zero attached hydrogens (tertiary/aromatic N) is 3. The molecular weight excluding hydrogens is 277 g/mol. The van der Waals surface area contributed by atoms with E-state index in [4.69, 9.17) is 9.47 Å². The van der Waals surface area contributed by atoms with Gasteiger partial charge in [-0.3, -0.25) is 0 Å². The lowest BCUT2D eigenvalue weighted by atomic mass is 10.3. The van der Waals surface area contributed by atoms with E-state index >= 15 is 0 Å². The molecule has 21 heavy (non-hydrogen) atoms. The topological polar surface area (TPSA) is 66.2 Å². The van der Waals surface area contributed by atoms with Crippen LogP contribution in [0, 0.1) is 12.7 Å². The first-order valence-electron chi connectivity index (χ1n) is 6.58. The Hall–Kier alpha value is -2.44. The Morgan fingerprint density at radius 2 is 2.14 bits per heavy atom. The van der Waals surface area contributed by atoms with Crippen LogP contribution in [0.4, 0.5) is 4.39 Å². The van der Waals surface area contributed by atoms with E-state index in [0.717, 1.165) is 0 Å². The minimum absolute atomic E-state index is 0.181. The van der Waals surface area contributed by atoms with Crippen molar-refractivity contribution in [2.24, 2.45) is 0 Å². The molecule has 0 saturated heterocycles. The van der Waals surface area contributed by atoms with E-state index in [0.29, 0.717) is 12.2 Å². The van der Waals surface area contributed by atoms with Crippen LogP contribution in [0.1, 0.15) is 23.1 Å². The molecule has 2 rings (SSSR count). The Morgan fingerprint density at radius 3 is 2.86 bits per heavy atom. The second-order valence-corrected chi connectivity index (χ2v) is 4.25. The molecule has 6 nitrogen and oxygen atoms in total. The number of benzene rings is 1. The van der Waals surface area contributed by atoms with Gasteiger partial charge in [-0.2, -0.15) is 0 Å². The molecule has 0 radical (unpaired) electrons. The highest BCUT2D eigenvalue weighted by molar-refractivity contribution is 5.88. The van der Waals surface area contributed by atoms with E-state index in [1.807, 2.05) is 0 Å². The Morgan fingerprint density at radius 1 is 1.38 bits per heavy atom. The summed E-state index contributed by atoms with van der Waals surface area (Å²) in [7, 11) is 0. The third kappa shape index (κ3) is 3.56. The van der Waals surface area contributed by atoms with E-state index in [9.17, 15) is 9.18 Å². The van der Waals surface area contributed by atoms with Crippen LogP contribution >= 0.6 is 0 Å². The van der Waals surface area contributed by atoms with Gasteiger partial charge in [0.15, 0.2) is 17.3 Å². The van der Waals surface area contributed by atoms with Crippen LogP contribution < -0.4 is 4.74 Å². The number of carbonyl (C=O) groups excluding carboxylic acids is 1. The lowest BCUT2D eigenvalue weighted by Gasteiger charge is -2.07. The molecule has 0 aliphatic carbocycles. The number of halogens is 1. The summed E-state index contributed by atoms with van der Waals surface area (Å²) < 4.78 is 25.1. The molecule has 1 heterocycles. The smallest absolute Gasteiger partial charge is 0.360 e. The molecule has 0 unspecified atom stereocenters. The Labute approximate surface area is 121 Å². The first-order valence-corrected chi connectivity index (χ1v) is 6.58. The summed E-state index contributed by atoms with van der Waals surface area (Å²) in [6.45, 7) is 4.29. The standard InChI is InChI=1S/C14H16FN3O3/c1-3-20-14(19)13-10(2)18(17-16-13)8-9-21-12-7-5-4-6-11(12)15/h4-7H,3,8-9H2,1-2H3. The number of hydrogen-bond donors (Lipinski definition) is 0. The number of hydrogen-bond acceptors (Lipinski definition) is 5. The average molecular weight is 293 g/mol. The van der Waals surface area contributed by atoms with E-state index < -0.39 is 11.8 Å². The van der Waals surface area contributed by atoms with Crippen molar-refractivity contribution in [1.29, 1.82) is 0 Å². The molecule has 0 amide bonds. The number of esters is 1. The number of rotatable bonds is 6. The number of aromatic nitrogens is 3. The normalized spacial score (nSPS) is 10.4. The Bertz CT molecular complexity index is 628. The van der Waals surface area contributed by atoms with Crippen molar-refractivity contribution >= 4 is 5.97 Å². The maximum Gasteiger partial charge on any atom is 0.360 e. The summed E-state index contributed by atoms with van der Waals surface area (Å²) >= 11 is 0. The van der Waals surface area contributed by atoms with Crippen LogP contribution in [-0.4, -0.2) is 34.2 Å².